The Balaban J connectivity index is 1.54. The lowest BCUT2D eigenvalue weighted by Gasteiger charge is -2.29. The zero-order valence-electron chi connectivity index (χ0n) is 20.4. The third kappa shape index (κ3) is 8.63. The average molecular weight is 471 g/mol. The first-order chi connectivity index (χ1) is 16.5. The molecule has 1 aliphatic rings. The second-order valence-electron chi connectivity index (χ2n) is 8.65. The molecule has 2 aromatic rings. The monoisotopic (exact) mass is 470 g/mol. The van der Waals surface area contributed by atoms with Crippen molar-refractivity contribution in [1.29, 1.82) is 0 Å². The first-order valence-corrected chi connectivity index (χ1v) is 12.2. The quantitative estimate of drug-likeness (QED) is 0.412. The van der Waals surface area contributed by atoms with Crippen molar-refractivity contribution in [2.24, 2.45) is 0 Å². The summed E-state index contributed by atoms with van der Waals surface area (Å²) in [5, 5.41) is 14.2. The van der Waals surface area contributed by atoms with Crippen LogP contribution in [0.2, 0.25) is 0 Å². The first kappa shape index (κ1) is 26.0. The van der Waals surface area contributed by atoms with E-state index in [9.17, 15) is 9.90 Å². The molecule has 0 saturated carbocycles. The summed E-state index contributed by atoms with van der Waals surface area (Å²) in [6, 6.07) is 14.7. The van der Waals surface area contributed by atoms with E-state index in [1.54, 1.807) is 0 Å². The summed E-state index contributed by atoms with van der Waals surface area (Å²) < 4.78 is 16.6. The van der Waals surface area contributed by atoms with E-state index < -0.39 is 12.1 Å². The molecule has 1 amide bonds. The minimum Gasteiger partial charge on any atom is -0.493 e. The van der Waals surface area contributed by atoms with Crippen LogP contribution in [0, 0.1) is 6.92 Å². The van der Waals surface area contributed by atoms with Crippen molar-refractivity contribution >= 4 is 5.91 Å². The third-order valence-electron chi connectivity index (χ3n) is 5.92. The number of aliphatic hydroxyl groups excluding tert-OH is 1. The van der Waals surface area contributed by atoms with Gasteiger partial charge in [0.1, 0.15) is 24.2 Å². The van der Waals surface area contributed by atoms with E-state index in [2.05, 4.69) is 10.2 Å². The fourth-order valence-electron chi connectivity index (χ4n) is 4.00. The van der Waals surface area contributed by atoms with Gasteiger partial charge in [-0.3, -0.25) is 4.79 Å². The lowest BCUT2D eigenvalue weighted by atomic mass is 10.0. The molecule has 1 fully saturated rings. The minimum absolute atomic E-state index is 0.133. The number of nitrogens with zero attached hydrogens (tertiary/aromatic N) is 1. The second-order valence-corrected chi connectivity index (χ2v) is 8.65. The number of rotatable bonds is 14. The van der Waals surface area contributed by atoms with Crippen LogP contribution in [0.15, 0.2) is 48.5 Å². The second kappa shape index (κ2) is 13.9. The van der Waals surface area contributed by atoms with E-state index in [0.717, 1.165) is 48.6 Å². The molecule has 34 heavy (non-hydrogen) atoms. The summed E-state index contributed by atoms with van der Waals surface area (Å²) in [7, 11) is 0. The topological polar surface area (TPSA) is 80.3 Å². The maximum Gasteiger partial charge on any atom is 0.223 e. The maximum absolute atomic E-state index is 12.7. The summed E-state index contributed by atoms with van der Waals surface area (Å²) in [6.45, 7) is 8.53. The Kier molecular flexibility index (Phi) is 10.7. The van der Waals surface area contributed by atoms with Crippen molar-refractivity contribution in [2.45, 2.75) is 45.3 Å². The first-order valence-electron chi connectivity index (χ1n) is 12.2. The predicted molar refractivity (Wildman–Crippen MR) is 132 cm³/mol. The Hall–Kier alpha value is -2.61. The molecular weight excluding hydrogens is 432 g/mol. The number of aryl methyl sites for hydroxylation is 1. The molecule has 0 bridgehead atoms. The average Bonchev–Trinajstić information content (AvgIpc) is 3.36. The van der Waals surface area contributed by atoms with E-state index in [4.69, 9.17) is 14.2 Å². The fourth-order valence-corrected chi connectivity index (χ4v) is 4.00. The molecule has 3 rings (SSSR count). The van der Waals surface area contributed by atoms with Gasteiger partial charge in [0.2, 0.25) is 5.91 Å². The highest BCUT2D eigenvalue weighted by Crippen LogP contribution is 2.22. The molecule has 0 spiro atoms. The number of hydrogen-bond donors (Lipinski definition) is 2. The van der Waals surface area contributed by atoms with E-state index >= 15 is 0 Å². The van der Waals surface area contributed by atoms with Crippen molar-refractivity contribution in [2.75, 3.05) is 46.1 Å². The van der Waals surface area contributed by atoms with Crippen molar-refractivity contribution in [3.8, 4) is 11.5 Å². The lowest BCUT2D eigenvalue weighted by Crippen LogP contribution is -2.47. The van der Waals surface area contributed by atoms with Gasteiger partial charge >= 0.3 is 0 Å². The van der Waals surface area contributed by atoms with Crippen LogP contribution < -0.4 is 14.8 Å². The Morgan fingerprint density at radius 3 is 2.24 bits per heavy atom. The highest BCUT2D eigenvalue weighted by atomic mass is 16.5. The minimum atomic E-state index is -0.819. The zero-order valence-corrected chi connectivity index (χ0v) is 20.4. The molecule has 1 aliphatic heterocycles. The molecular formula is C27H38N2O5. The van der Waals surface area contributed by atoms with E-state index in [-0.39, 0.29) is 18.9 Å². The van der Waals surface area contributed by atoms with Crippen LogP contribution in [0.4, 0.5) is 0 Å². The summed E-state index contributed by atoms with van der Waals surface area (Å²) in [4.78, 5) is 15.0. The van der Waals surface area contributed by atoms with E-state index in [1.165, 1.54) is 0 Å². The van der Waals surface area contributed by atoms with Gasteiger partial charge in [-0.2, -0.15) is 0 Å². The van der Waals surface area contributed by atoms with Gasteiger partial charge in [0.25, 0.3) is 0 Å². The third-order valence-corrected chi connectivity index (χ3v) is 5.92. The number of ether oxygens (including phenoxy) is 3. The Bertz CT molecular complexity index is 850. The molecule has 1 saturated heterocycles. The Morgan fingerprint density at radius 1 is 0.971 bits per heavy atom. The molecule has 7 nitrogen and oxygen atoms in total. The number of amides is 1. The molecule has 0 aromatic heterocycles. The Labute approximate surface area is 203 Å². The number of nitrogens with one attached hydrogen (secondary N) is 1. The van der Waals surface area contributed by atoms with Gasteiger partial charge in [-0.1, -0.05) is 29.8 Å². The molecule has 2 N–H and O–H groups in total. The fraction of sp³-hybridized carbons (Fsp3) is 0.519. The normalized spacial score (nSPS) is 15.6. The molecule has 0 radical (unpaired) electrons. The van der Waals surface area contributed by atoms with Gasteiger partial charge in [0.05, 0.1) is 25.7 Å². The summed E-state index contributed by atoms with van der Waals surface area (Å²) in [5.41, 5.74) is 1.91. The lowest BCUT2D eigenvalue weighted by molar-refractivity contribution is -0.123. The largest absolute Gasteiger partial charge is 0.493 e. The van der Waals surface area contributed by atoms with Crippen molar-refractivity contribution in [3.05, 3.63) is 59.7 Å². The van der Waals surface area contributed by atoms with Gasteiger partial charge in [0.15, 0.2) is 0 Å². The van der Waals surface area contributed by atoms with Crippen LogP contribution in [0.25, 0.3) is 0 Å². The van der Waals surface area contributed by atoms with Crippen LogP contribution in [0.3, 0.4) is 0 Å². The number of hydrogen-bond acceptors (Lipinski definition) is 6. The maximum atomic E-state index is 12.7. The van der Waals surface area contributed by atoms with Crippen LogP contribution in [0.1, 0.15) is 43.4 Å². The van der Waals surface area contributed by atoms with Gasteiger partial charge in [-0.15, -0.1) is 0 Å². The van der Waals surface area contributed by atoms with Crippen molar-refractivity contribution in [3.63, 3.8) is 0 Å². The number of aliphatic hydroxyl groups is 1. The van der Waals surface area contributed by atoms with Gasteiger partial charge in [0, 0.05) is 13.2 Å². The number of likely N-dealkylation sites (tertiary alicyclic amines) is 1. The van der Waals surface area contributed by atoms with Crippen molar-refractivity contribution in [1.82, 2.24) is 10.2 Å². The van der Waals surface area contributed by atoms with Gasteiger partial charge in [-0.25, -0.2) is 0 Å². The van der Waals surface area contributed by atoms with Gasteiger partial charge < -0.3 is 29.5 Å². The SMILES string of the molecule is CCOCCOc1ccc(C(O)C(CN2CCCC2)NC(=O)CCOc2ccc(C)cc2)cc1. The van der Waals surface area contributed by atoms with E-state index in [1.807, 2.05) is 62.4 Å². The molecule has 0 aliphatic carbocycles. The van der Waals surface area contributed by atoms with Crippen LogP contribution >= 0.6 is 0 Å². The number of benzene rings is 2. The smallest absolute Gasteiger partial charge is 0.223 e. The highest BCUT2D eigenvalue weighted by molar-refractivity contribution is 5.76. The Morgan fingerprint density at radius 2 is 1.59 bits per heavy atom. The summed E-state index contributed by atoms with van der Waals surface area (Å²) in [6.07, 6.45) is 1.70. The van der Waals surface area contributed by atoms with Crippen LogP contribution in [0.5, 0.6) is 11.5 Å². The molecule has 2 aromatic carbocycles. The molecule has 2 unspecified atom stereocenters. The molecule has 2 atom stereocenters. The number of carbonyl (C=O) groups is 1. The molecule has 7 heteroatoms. The van der Waals surface area contributed by atoms with Crippen LogP contribution in [-0.4, -0.2) is 68.0 Å². The predicted octanol–water partition coefficient (Wildman–Crippen LogP) is 3.49. The standard InChI is InChI=1S/C27H38N2O5/c1-3-32-18-19-34-24-12-8-22(9-13-24)27(31)25(20-29-15-4-5-16-29)28-26(30)14-17-33-23-10-6-21(2)7-11-23/h6-13,25,27,31H,3-5,14-20H2,1-2H3,(H,28,30). The molecule has 186 valence electrons. The highest BCUT2D eigenvalue weighted by Gasteiger charge is 2.26. The number of carbonyl (C=O) groups excluding carboxylic acids is 1. The summed E-state index contributed by atoms with van der Waals surface area (Å²) in [5.74, 6) is 1.34. The van der Waals surface area contributed by atoms with Crippen molar-refractivity contribution < 1.29 is 24.1 Å². The van der Waals surface area contributed by atoms with Gasteiger partial charge in [-0.05, 0) is 69.6 Å². The van der Waals surface area contributed by atoms with Crippen LogP contribution in [-0.2, 0) is 9.53 Å². The molecule has 1 heterocycles. The summed E-state index contributed by atoms with van der Waals surface area (Å²) >= 11 is 0. The zero-order chi connectivity index (χ0) is 24.2. The van der Waals surface area contributed by atoms with E-state index in [0.29, 0.717) is 26.4 Å².